The predicted molar refractivity (Wildman–Crippen MR) is 66.1 cm³/mol. The lowest BCUT2D eigenvalue weighted by molar-refractivity contribution is -0.128. The van der Waals surface area contributed by atoms with Gasteiger partial charge in [0.2, 0.25) is 5.91 Å². The molecule has 0 aromatic heterocycles. The molecule has 1 heterocycles. The van der Waals surface area contributed by atoms with Crippen LogP contribution in [0.2, 0.25) is 10.0 Å². The Morgan fingerprint density at radius 1 is 1.31 bits per heavy atom. The van der Waals surface area contributed by atoms with Crippen molar-refractivity contribution in [2.75, 3.05) is 6.54 Å². The van der Waals surface area contributed by atoms with Crippen molar-refractivity contribution in [3.63, 3.8) is 0 Å². The number of alkyl halides is 1. The van der Waals surface area contributed by atoms with E-state index in [9.17, 15) is 4.79 Å². The Morgan fingerprint density at radius 3 is 2.62 bits per heavy atom. The molecular weight excluding hydrogens is 268 g/mol. The first-order valence-corrected chi connectivity index (χ1v) is 6.11. The molecule has 2 nitrogen and oxygen atoms in total. The summed E-state index contributed by atoms with van der Waals surface area (Å²) in [4.78, 5) is 13.3. The molecule has 1 amide bonds. The van der Waals surface area contributed by atoms with Gasteiger partial charge in [0.25, 0.3) is 0 Å². The van der Waals surface area contributed by atoms with Crippen molar-refractivity contribution in [1.29, 1.82) is 0 Å². The minimum Gasteiger partial charge on any atom is -0.337 e. The maximum absolute atomic E-state index is 11.5. The minimum absolute atomic E-state index is 0.0738. The summed E-state index contributed by atoms with van der Waals surface area (Å²) in [6, 6.07) is 5.37. The van der Waals surface area contributed by atoms with Crippen LogP contribution < -0.4 is 0 Å². The van der Waals surface area contributed by atoms with Crippen LogP contribution in [0.3, 0.4) is 0 Å². The summed E-state index contributed by atoms with van der Waals surface area (Å²) in [5.74, 6) is 0.0890. The summed E-state index contributed by atoms with van der Waals surface area (Å²) < 4.78 is 0. The molecule has 1 fully saturated rings. The highest BCUT2D eigenvalue weighted by atomic mass is 35.5. The molecule has 0 saturated carbocycles. The van der Waals surface area contributed by atoms with E-state index in [2.05, 4.69) is 0 Å². The SMILES string of the molecule is O=C1CC(Cl)CN1Cc1ccc(Cl)c(Cl)c1. The highest BCUT2D eigenvalue weighted by Crippen LogP contribution is 2.25. The average molecular weight is 279 g/mol. The van der Waals surface area contributed by atoms with Crippen molar-refractivity contribution >= 4 is 40.7 Å². The average Bonchev–Trinajstić information content (AvgIpc) is 2.51. The van der Waals surface area contributed by atoms with E-state index in [1.165, 1.54) is 0 Å². The van der Waals surface area contributed by atoms with Crippen molar-refractivity contribution in [3.05, 3.63) is 33.8 Å². The van der Waals surface area contributed by atoms with Gasteiger partial charge in [-0.1, -0.05) is 29.3 Å². The van der Waals surface area contributed by atoms with Crippen LogP contribution in [0.15, 0.2) is 18.2 Å². The first-order chi connectivity index (χ1) is 7.56. The molecule has 0 radical (unpaired) electrons. The molecule has 1 aliphatic heterocycles. The van der Waals surface area contributed by atoms with Gasteiger partial charge in [0.1, 0.15) is 0 Å². The predicted octanol–water partition coefficient (Wildman–Crippen LogP) is 3.33. The van der Waals surface area contributed by atoms with E-state index in [1.807, 2.05) is 6.07 Å². The van der Waals surface area contributed by atoms with Gasteiger partial charge in [0.15, 0.2) is 0 Å². The lowest BCUT2D eigenvalue weighted by Crippen LogP contribution is -2.24. The number of carbonyl (C=O) groups excluding carboxylic acids is 1. The lowest BCUT2D eigenvalue weighted by atomic mass is 10.2. The number of likely N-dealkylation sites (tertiary alicyclic amines) is 1. The Morgan fingerprint density at radius 2 is 2.06 bits per heavy atom. The second kappa shape index (κ2) is 4.82. The van der Waals surface area contributed by atoms with Crippen LogP contribution in [0.4, 0.5) is 0 Å². The van der Waals surface area contributed by atoms with Gasteiger partial charge in [-0.3, -0.25) is 4.79 Å². The Hall–Kier alpha value is -0.440. The maximum atomic E-state index is 11.5. The third kappa shape index (κ3) is 2.62. The van der Waals surface area contributed by atoms with Crippen LogP contribution in [0.1, 0.15) is 12.0 Å². The van der Waals surface area contributed by atoms with Crippen molar-refractivity contribution in [3.8, 4) is 0 Å². The molecule has 0 aliphatic carbocycles. The van der Waals surface area contributed by atoms with Crippen LogP contribution in [0.25, 0.3) is 0 Å². The van der Waals surface area contributed by atoms with Crippen LogP contribution in [-0.2, 0) is 11.3 Å². The van der Waals surface area contributed by atoms with Crippen molar-refractivity contribution in [1.82, 2.24) is 4.90 Å². The van der Waals surface area contributed by atoms with E-state index in [0.717, 1.165) is 5.56 Å². The number of hydrogen-bond donors (Lipinski definition) is 0. The number of nitrogens with zero attached hydrogens (tertiary/aromatic N) is 1. The number of benzene rings is 1. The monoisotopic (exact) mass is 277 g/mol. The normalized spacial score (nSPS) is 20.6. The second-order valence-electron chi connectivity index (χ2n) is 3.82. The molecule has 1 unspecified atom stereocenters. The third-order valence-corrected chi connectivity index (χ3v) is 3.56. The summed E-state index contributed by atoms with van der Waals surface area (Å²) in [5.41, 5.74) is 0.966. The quantitative estimate of drug-likeness (QED) is 0.760. The zero-order chi connectivity index (χ0) is 11.7. The first kappa shape index (κ1) is 12.0. The summed E-state index contributed by atoms with van der Waals surface area (Å²) in [7, 11) is 0. The molecule has 1 aromatic rings. The summed E-state index contributed by atoms with van der Waals surface area (Å²) in [6.07, 6.45) is 0.420. The molecule has 5 heteroatoms. The van der Waals surface area contributed by atoms with E-state index in [0.29, 0.717) is 29.6 Å². The maximum Gasteiger partial charge on any atom is 0.224 e. The molecule has 16 heavy (non-hydrogen) atoms. The zero-order valence-electron chi connectivity index (χ0n) is 8.42. The molecule has 1 atom stereocenters. The van der Waals surface area contributed by atoms with Gasteiger partial charge < -0.3 is 4.90 Å². The molecule has 1 saturated heterocycles. The van der Waals surface area contributed by atoms with E-state index < -0.39 is 0 Å². The van der Waals surface area contributed by atoms with E-state index >= 15 is 0 Å². The fraction of sp³-hybridized carbons (Fsp3) is 0.364. The summed E-state index contributed by atoms with van der Waals surface area (Å²) in [6.45, 7) is 1.14. The van der Waals surface area contributed by atoms with Crippen molar-refractivity contribution in [2.45, 2.75) is 18.3 Å². The largest absolute Gasteiger partial charge is 0.337 e. The Balaban J connectivity index is 2.09. The number of carbonyl (C=O) groups is 1. The van der Waals surface area contributed by atoms with Gasteiger partial charge in [-0.2, -0.15) is 0 Å². The number of amides is 1. The molecule has 0 spiro atoms. The third-order valence-electron chi connectivity index (χ3n) is 2.52. The molecule has 1 aromatic carbocycles. The van der Waals surface area contributed by atoms with Gasteiger partial charge >= 0.3 is 0 Å². The Labute approximate surface area is 109 Å². The Kier molecular flexibility index (Phi) is 3.63. The van der Waals surface area contributed by atoms with E-state index in [4.69, 9.17) is 34.8 Å². The van der Waals surface area contributed by atoms with Gasteiger partial charge in [0.05, 0.1) is 15.4 Å². The van der Waals surface area contributed by atoms with Crippen LogP contribution >= 0.6 is 34.8 Å². The van der Waals surface area contributed by atoms with Crippen molar-refractivity contribution in [2.24, 2.45) is 0 Å². The number of hydrogen-bond acceptors (Lipinski definition) is 1. The lowest BCUT2D eigenvalue weighted by Gasteiger charge is -2.15. The topological polar surface area (TPSA) is 20.3 Å². The van der Waals surface area contributed by atoms with E-state index in [-0.39, 0.29) is 11.3 Å². The first-order valence-electron chi connectivity index (χ1n) is 4.92. The van der Waals surface area contributed by atoms with Gasteiger partial charge in [0, 0.05) is 19.5 Å². The van der Waals surface area contributed by atoms with Crippen LogP contribution in [-0.4, -0.2) is 22.7 Å². The zero-order valence-corrected chi connectivity index (χ0v) is 10.7. The van der Waals surface area contributed by atoms with Gasteiger partial charge in [-0.05, 0) is 17.7 Å². The molecule has 0 bridgehead atoms. The number of halogens is 3. The fourth-order valence-electron chi connectivity index (χ4n) is 1.74. The second-order valence-corrected chi connectivity index (χ2v) is 5.26. The standard InChI is InChI=1S/C11H10Cl3NO/c12-8-4-11(16)15(6-8)5-7-1-2-9(13)10(14)3-7/h1-3,8H,4-6H2. The molecule has 0 N–H and O–H groups in total. The highest BCUT2D eigenvalue weighted by Gasteiger charge is 2.27. The highest BCUT2D eigenvalue weighted by molar-refractivity contribution is 6.42. The van der Waals surface area contributed by atoms with Crippen molar-refractivity contribution < 1.29 is 4.79 Å². The van der Waals surface area contributed by atoms with Gasteiger partial charge in [-0.15, -0.1) is 11.6 Å². The molecule has 86 valence electrons. The molecular formula is C11H10Cl3NO. The fourth-order valence-corrected chi connectivity index (χ4v) is 2.35. The van der Waals surface area contributed by atoms with E-state index in [1.54, 1.807) is 17.0 Å². The summed E-state index contributed by atoms with van der Waals surface area (Å²) >= 11 is 17.6. The minimum atomic E-state index is -0.0738. The van der Waals surface area contributed by atoms with Crippen LogP contribution in [0.5, 0.6) is 0 Å². The van der Waals surface area contributed by atoms with Crippen LogP contribution in [0, 0.1) is 0 Å². The number of rotatable bonds is 2. The molecule has 1 aliphatic rings. The summed E-state index contributed by atoms with van der Waals surface area (Å²) in [5, 5.41) is 0.955. The van der Waals surface area contributed by atoms with Gasteiger partial charge in [-0.25, -0.2) is 0 Å². The Bertz CT molecular complexity index is 422. The smallest absolute Gasteiger partial charge is 0.224 e. The molecule has 2 rings (SSSR count).